The van der Waals surface area contributed by atoms with Crippen molar-refractivity contribution in [1.82, 2.24) is 9.80 Å². The maximum Gasteiger partial charge on any atom is 0.157 e. The van der Waals surface area contributed by atoms with Gasteiger partial charge < -0.3 is 19.3 Å². The van der Waals surface area contributed by atoms with E-state index in [9.17, 15) is 9.18 Å². The summed E-state index contributed by atoms with van der Waals surface area (Å²) in [4.78, 5) is 17.1. The molecule has 170 valence electrons. The summed E-state index contributed by atoms with van der Waals surface area (Å²) in [5, 5.41) is 0. The van der Waals surface area contributed by atoms with Crippen LogP contribution in [-0.2, 0) is 9.53 Å². The van der Waals surface area contributed by atoms with Gasteiger partial charge in [0.15, 0.2) is 5.78 Å². The number of methoxy groups -OCH3 is 1. The fraction of sp³-hybridized carbons (Fsp3) is 0.640. The average Bonchev–Trinajstić information content (AvgIpc) is 3.16. The van der Waals surface area contributed by atoms with Crippen molar-refractivity contribution in [1.29, 1.82) is 0 Å². The van der Waals surface area contributed by atoms with Crippen molar-refractivity contribution in [2.45, 2.75) is 63.7 Å². The molecule has 2 aliphatic heterocycles. The van der Waals surface area contributed by atoms with Gasteiger partial charge in [-0.3, -0.25) is 4.79 Å². The molecule has 1 aromatic rings. The lowest BCUT2D eigenvalue weighted by Gasteiger charge is -2.39. The van der Waals surface area contributed by atoms with E-state index in [0.717, 1.165) is 76.0 Å². The summed E-state index contributed by atoms with van der Waals surface area (Å²) in [5.74, 6) is 1.05. The Bertz CT molecular complexity index is 773. The van der Waals surface area contributed by atoms with Gasteiger partial charge in [0.2, 0.25) is 0 Å². The molecule has 1 aliphatic carbocycles. The first-order valence-electron chi connectivity index (χ1n) is 11.7. The second-order valence-corrected chi connectivity index (χ2v) is 9.15. The molecule has 0 N–H and O–H groups in total. The molecule has 6 heteroatoms. The molecular weight excluding hydrogens is 395 g/mol. The van der Waals surface area contributed by atoms with Crippen molar-refractivity contribution in [3.63, 3.8) is 0 Å². The van der Waals surface area contributed by atoms with Crippen LogP contribution < -0.4 is 4.74 Å². The van der Waals surface area contributed by atoms with E-state index in [2.05, 4.69) is 16.0 Å². The first-order valence-corrected chi connectivity index (χ1v) is 11.7. The van der Waals surface area contributed by atoms with Gasteiger partial charge in [0, 0.05) is 44.4 Å². The third kappa shape index (κ3) is 5.29. The van der Waals surface area contributed by atoms with Crippen molar-refractivity contribution in [3.8, 4) is 5.75 Å². The summed E-state index contributed by atoms with van der Waals surface area (Å²) in [5.41, 5.74) is 0.991. The number of hydrogen-bond donors (Lipinski definition) is 0. The monoisotopic (exact) mass is 430 g/mol. The molecular formula is C25H35FN2O3. The fourth-order valence-corrected chi connectivity index (χ4v) is 5.54. The van der Waals surface area contributed by atoms with Crippen LogP contribution in [0.4, 0.5) is 4.39 Å². The van der Waals surface area contributed by atoms with Gasteiger partial charge in [-0.1, -0.05) is 6.42 Å². The Labute approximate surface area is 185 Å². The summed E-state index contributed by atoms with van der Waals surface area (Å²) >= 11 is 0. The first-order chi connectivity index (χ1) is 15.0. The molecule has 2 heterocycles. The molecule has 1 saturated heterocycles. The number of carbonyl (C=O) groups excluding carboxylic acids is 1. The Morgan fingerprint density at radius 1 is 1.10 bits per heavy atom. The first kappa shape index (κ1) is 22.3. The highest BCUT2D eigenvalue weighted by Crippen LogP contribution is 2.40. The van der Waals surface area contributed by atoms with Gasteiger partial charge in [0.05, 0.1) is 12.1 Å². The fourth-order valence-electron chi connectivity index (χ4n) is 5.54. The number of hydrogen-bond acceptors (Lipinski definition) is 5. The van der Waals surface area contributed by atoms with Crippen molar-refractivity contribution in [2.24, 2.45) is 5.92 Å². The maximum atomic E-state index is 13.0. The molecule has 31 heavy (non-hydrogen) atoms. The zero-order valence-corrected chi connectivity index (χ0v) is 18.8. The van der Waals surface area contributed by atoms with E-state index in [4.69, 9.17) is 9.47 Å². The highest BCUT2D eigenvalue weighted by atomic mass is 19.1. The predicted molar refractivity (Wildman–Crippen MR) is 119 cm³/mol. The standard InChI is InChI=1S/C25H35FN2O3/c1-18(29)23-17-28(25-22(23)5-3-6-24(25)30-2)14-4-13-27-15-11-21(12-16-27)31-20-9-7-19(26)8-10-20/h7-10,17,21-22,24-25H,3-6,11-16H2,1-2H3/t22?,24?,25-/m1/s1. The third-order valence-electron chi connectivity index (χ3n) is 7.14. The Morgan fingerprint density at radius 2 is 1.84 bits per heavy atom. The van der Waals surface area contributed by atoms with Gasteiger partial charge in [-0.2, -0.15) is 0 Å². The predicted octanol–water partition coefficient (Wildman–Crippen LogP) is 4.03. The van der Waals surface area contributed by atoms with Gasteiger partial charge in [-0.05, 0) is 69.8 Å². The van der Waals surface area contributed by atoms with Crippen molar-refractivity contribution >= 4 is 5.78 Å². The Hall–Kier alpha value is -1.92. The number of piperidine rings is 1. The lowest BCUT2D eigenvalue weighted by molar-refractivity contribution is -0.114. The van der Waals surface area contributed by atoms with Gasteiger partial charge in [0.1, 0.15) is 17.7 Å². The van der Waals surface area contributed by atoms with Crippen LogP contribution in [0.3, 0.4) is 0 Å². The van der Waals surface area contributed by atoms with Crippen LogP contribution in [0, 0.1) is 11.7 Å². The second kappa shape index (κ2) is 10.1. The SMILES string of the molecule is COC1CCCC2C(C(C)=O)=CN(CCCN3CCC(Oc4ccc(F)cc4)CC3)[C@@H]12. The average molecular weight is 431 g/mol. The molecule has 2 unspecified atom stereocenters. The van der Waals surface area contributed by atoms with Crippen LogP contribution in [-0.4, -0.2) is 67.1 Å². The number of ether oxygens (including phenoxy) is 2. The number of benzene rings is 1. The molecule has 4 rings (SSSR count). The summed E-state index contributed by atoms with van der Waals surface area (Å²) in [6.07, 6.45) is 8.90. The van der Waals surface area contributed by atoms with E-state index in [1.54, 1.807) is 26.2 Å². The molecule has 1 saturated carbocycles. The minimum Gasteiger partial charge on any atom is -0.490 e. The zero-order chi connectivity index (χ0) is 21.8. The number of ketones is 1. The van der Waals surface area contributed by atoms with E-state index in [1.807, 2.05) is 0 Å². The van der Waals surface area contributed by atoms with Gasteiger partial charge >= 0.3 is 0 Å². The number of rotatable bonds is 8. The van der Waals surface area contributed by atoms with Gasteiger partial charge in [0.25, 0.3) is 0 Å². The van der Waals surface area contributed by atoms with Crippen LogP contribution in [0.2, 0.25) is 0 Å². The molecule has 5 nitrogen and oxygen atoms in total. The number of fused-ring (bicyclic) bond motifs is 1. The minimum absolute atomic E-state index is 0.201. The van der Waals surface area contributed by atoms with E-state index < -0.39 is 0 Å². The molecule has 0 bridgehead atoms. The second-order valence-electron chi connectivity index (χ2n) is 9.15. The van der Waals surface area contributed by atoms with Crippen LogP contribution in [0.1, 0.15) is 45.4 Å². The van der Waals surface area contributed by atoms with E-state index in [1.165, 1.54) is 12.1 Å². The quantitative estimate of drug-likeness (QED) is 0.623. The van der Waals surface area contributed by atoms with Crippen LogP contribution >= 0.6 is 0 Å². The summed E-state index contributed by atoms with van der Waals surface area (Å²) < 4.78 is 24.9. The van der Waals surface area contributed by atoms with Crippen molar-refractivity contribution in [2.75, 3.05) is 33.3 Å². The Morgan fingerprint density at radius 3 is 2.52 bits per heavy atom. The zero-order valence-electron chi connectivity index (χ0n) is 18.8. The largest absolute Gasteiger partial charge is 0.490 e. The number of likely N-dealkylation sites (tertiary alicyclic amines) is 1. The maximum absolute atomic E-state index is 13.0. The molecule has 0 radical (unpaired) electrons. The summed E-state index contributed by atoms with van der Waals surface area (Å²) in [6.45, 7) is 5.75. The topological polar surface area (TPSA) is 42.0 Å². The molecule has 0 aromatic heterocycles. The molecule has 0 amide bonds. The van der Waals surface area contributed by atoms with E-state index >= 15 is 0 Å². The molecule has 3 atom stereocenters. The van der Waals surface area contributed by atoms with Crippen LogP contribution in [0.15, 0.2) is 36.0 Å². The van der Waals surface area contributed by atoms with Crippen molar-refractivity contribution < 1.29 is 18.7 Å². The number of Topliss-reactive ketones (excluding diaryl/α,β-unsaturated/α-hetero) is 1. The highest BCUT2D eigenvalue weighted by molar-refractivity contribution is 5.94. The van der Waals surface area contributed by atoms with Crippen LogP contribution in [0.5, 0.6) is 5.75 Å². The molecule has 0 spiro atoms. The Balaban J connectivity index is 1.23. The van der Waals surface area contributed by atoms with Gasteiger partial charge in [-0.25, -0.2) is 4.39 Å². The molecule has 1 aromatic carbocycles. The normalized spacial score (nSPS) is 27.1. The van der Waals surface area contributed by atoms with E-state index in [0.29, 0.717) is 12.0 Å². The Kier molecular flexibility index (Phi) is 7.28. The van der Waals surface area contributed by atoms with E-state index in [-0.39, 0.29) is 23.8 Å². The smallest absolute Gasteiger partial charge is 0.157 e. The lowest BCUT2D eigenvalue weighted by Crippen LogP contribution is -2.47. The molecule has 3 aliphatic rings. The molecule has 2 fully saturated rings. The number of carbonyl (C=O) groups is 1. The number of halogens is 1. The highest BCUT2D eigenvalue weighted by Gasteiger charge is 2.43. The minimum atomic E-state index is -0.234. The van der Waals surface area contributed by atoms with Gasteiger partial charge in [-0.15, -0.1) is 0 Å². The van der Waals surface area contributed by atoms with Crippen molar-refractivity contribution in [3.05, 3.63) is 41.9 Å². The van der Waals surface area contributed by atoms with Crippen LogP contribution in [0.25, 0.3) is 0 Å². The summed E-state index contributed by atoms with van der Waals surface area (Å²) in [6, 6.07) is 6.60. The number of nitrogens with zero attached hydrogens (tertiary/aromatic N) is 2. The lowest BCUT2D eigenvalue weighted by atomic mass is 9.79. The summed E-state index contributed by atoms with van der Waals surface area (Å²) in [7, 11) is 1.80. The third-order valence-corrected chi connectivity index (χ3v) is 7.14.